The molecule has 1 N–H and O–H groups in total. The molecule has 0 amide bonds. The summed E-state index contributed by atoms with van der Waals surface area (Å²) in [5.41, 5.74) is 3.94. The highest BCUT2D eigenvalue weighted by Crippen LogP contribution is 2.07. The Morgan fingerprint density at radius 1 is 1.35 bits per heavy atom. The Hall–Kier alpha value is -1.19. The molecule has 2 aromatic heterocycles. The van der Waals surface area contributed by atoms with Gasteiger partial charge in [-0.1, -0.05) is 13.0 Å². The third-order valence-corrected chi connectivity index (χ3v) is 3.56. The van der Waals surface area contributed by atoms with Gasteiger partial charge in [0, 0.05) is 12.7 Å². The highest BCUT2D eigenvalue weighted by atomic mass is 32.1. The number of nitrogens with zero attached hydrogens (tertiary/aromatic N) is 1. The van der Waals surface area contributed by atoms with Crippen LogP contribution in [0.15, 0.2) is 35.2 Å². The average molecular weight is 246 g/mol. The van der Waals surface area contributed by atoms with Crippen LogP contribution in [-0.2, 0) is 19.4 Å². The van der Waals surface area contributed by atoms with E-state index in [2.05, 4.69) is 40.1 Å². The molecular formula is C14H18N2S. The predicted octanol–water partition coefficient (Wildman–Crippen LogP) is 3.04. The van der Waals surface area contributed by atoms with Gasteiger partial charge in [0.05, 0.1) is 5.69 Å². The first-order valence-electron chi connectivity index (χ1n) is 6.04. The van der Waals surface area contributed by atoms with Gasteiger partial charge in [0.2, 0.25) is 0 Å². The molecule has 17 heavy (non-hydrogen) atoms. The lowest BCUT2D eigenvalue weighted by atomic mass is 10.1. The number of pyridine rings is 1. The first-order chi connectivity index (χ1) is 8.40. The van der Waals surface area contributed by atoms with Crippen molar-refractivity contribution >= 4 is 11.3 Å². The van der Waals surface area contributed by atoms with Gasteiger partial charge in [0.15, 0.2) is 0 Å². The standard InChI is InChI=1S/C14H18N2S/c1-2-13-4-3-7-16-14(13)10-15-8-5-12-6-9-17-11-12/h3-4,6-7,9,11,15H,2,5,8,10H2,1H3. The molecule has 2 nitrogen and oxygen atoms in total. The Kier molecular flexibility index (Phi) is 4.71. The summed E-state index contributed by atoms with van der Waals surface area (Å²) in [6, 6.07) is 6.35. The molecule has 2 aromatic rings. The van der Waals surface area contributed by atoms with E-state index in [0.29, 0.717) is 0 Å². The Labute approximate surface area is 107 Å². The van der Waals surface area contributed by atoms with Crippen molar-refractivity contribution in [2.24, 2.45) is 0 Å². The number of aromatic nitrogens is 1. The van der Waals surface area contributed by atoms with Gasteiger partial charge < -0.3 is 5.32 Å². The number of nitrogens with one attached hydrogen (secondary N) is 1. The van der Waals surface area contributed by atoms with Gasteiger partial charge >= 0.3 is 0 Å². The second-order valence-corrected chi connectivity index (χ2v) is 4.80. The second-order valence-electron chi connectivity index (χ2n) is 4.02. The number of hydrogen-bond acceptors (Lipinski definition) is 3. The van der Waals surface area contributed by atoms with Crippen LogP contribution in [0.4, 0.5) is 0 Å². The number of rotatable bonds is 6. The largest absolute Gasteiger partial charge is 0.311 e. The molecule has 90 valence electrons. The highest BCUT2D eigenvalue weighted by molar-refractivity contribution is 7.07. The fraction of sp³-hybridized carbons (Fsp3) is 0.357. The van der Waals surface area contributed by atoms with Crippen molar-refractivity contribution in [1.29, 1.82) is 0 Å². The minimum absolute atomic E-state index is 0.869. The van der Waals surface area contributed by atoms with E-state index in [-0.39, 0.29) is 0 Å². The average Bonchev–Trinajstić information content (AvgIpc) is 2.88. The van der Waals surface area contributed by atoms with Crippen LogP contribution >= 0.6 is 11.3 Å². The molecule has 0 spiro atoms. The Balaban J connectivity index is 1.78. The molecule has 0 aromatic carbocycles. The number of aryl methyl sites for hydroxylation is 1. The van der Waals surface area contributed by atoms with Crippen molar-refractivity contribution in [2.45, 2.75) is 26.3 Å². The lowest BCUT2D eigenvalue weighted by Gasteiger charge is -2.07. The first-order valence-corrected chi connectivity index (χ1v) is 6.99. The quantitative estimate of drug-likeness (QED) is 0.792. The first kappa shape index (κ1) is 12.3. The summed E-state index contributed by atoms with van der Waals surface area (Å²) in [5, 5.41) is 7.79. The van der Waals surface area contributed by atoms with E-state index in [1.54, 1.807) is 11.3 Å². The molecule has 0 saturated heterocycles. The summed E-state index contributed by atoms with van der Waals surface area (Å²) < 4.78 is 0. The lowest BCUT2D eigenvalue weighted by Crippen LogP contribution is -2.18. The lowest BCUT2D eigenvalue weighted by molar-refractivity contribution is 0.670. The summed E-state index contributed by atoms with van der Waals surface area (Å²) >= 11 is 1.76. The molecule has 0 atom stereocenters. The summed E-state index contributed by atoms with van der Waals surface area (Å²) in [6.07, 6.45) is 4.02. The van der Waals surface area contributed by atoms with Crippen molar-refractivity contribution < 1.29 is 0 Å². The van der Waals surface area contributed by atoms with E-state index in [1.165, 1.54) is 16.8 Å². The fourth-order valence-corrected chi connectivity index (χ4v) is 2.53. The zero-order valence-corrected chi connectivity index (χ0v) is 11.0. The molecule has 0 unspecified atom stereocenters. The number of hydrogen-bond donors (Lipinski definition) is 1. The summed E-state index contributed by atoms with van der Waals surface area (Å²) in [6.45, 7) is 4.05. The van der Waals surface area contributed by atoms with Crippen LogP contribution in [0, 0.1) is 0 Å². The second kappa shape index (κ2) is 6.52. The molecule has 2 rings (SSSR count). The van der Waals surface area contributed by atoms with Gasteiger partial charge in [-0.05, 0) is 53.4 Å². The van der Waals surface area contributed by atoms with Crippen molar-refractivity contribution in [3.05, 3.63) is 52.0 Å². The van der Waals surface area contributed by atoms with E-state index in [9.17, 15) is 0 Å². The summed E-state index contributed by atoms with van der Waals surface area (Å²) in [5.74, 6) is 0. The van der Waals surface area contributed by atoms with E-state index in [1.807, 2.05) is 12.3 Å². The molecule has 0 bridgehead atoms. The Morgan fingerprint density at radius 3 is 3.06 bits per heavy atom. The van der Waals surface area contributed by atoms with E-state index >= 15 is 0 Å². The highest BCUT2D eigenvalue weighted by Gasteiger charge is 2.00. The SMILES string of the molecule is CCc1cccnc1CNCCc1ccsc1. The smallest absolute Gasteiger partial charge is 0.0573 e. The fourth-order valence-electron chi connectivity index (χ4n) is 1.83. The topological polar surface area (TPSA) is 24.9 Å². The maximum Gasteiger partial charge on any atom is 0.0573 e. The summed E-state index contributed by atoms with van der Waals surface area (Å²) in [7, 11) is 0. The molecule has 3 heteroatoms. The van der Waals surface area contributed by atoms with Crippen LogP contribution < -0.4 is 5.32 Å². The van der Waals surface area contributed by atoms with Gasteiger partial charge in [-0.25, -0.2) is 0 Å². The molecular weight excluding hydrogens is 228 g/mol. The van der Waals surface area contributed by atoms with Crippen LogP contribution in [0.5, 0.6) is 0 Å². The van der Waals surface area contributed by atoms with Crippen LogP contribution in [0.3, 0.4) is 0 Å². The van der Waals surface area contributed by atoms with Gasteiger partial charge in [-0.3, -0.25) is 4.98 Å². The zero-order valence-electron chi connectivity index (χ0n) is 10.1. The minimum Gasteiger partial charge on any atom is -0.311 e. The molecule has 0 aliphatic heterocycles. The van der Waals surface area contributed by atoms with Crippen molar-refractivity contribution in [3.8, 4) is 0 Å². The minimum atomic E-state index is 0.869. The Bertz CT molecular complexity index is 437. The zero-order chi connectivity index (χ0) is 11.9. The van der Waals surface area contributed by atoms with Crippen LogP contribution in [0.2, 0.25) is 0 Å². The normalized spacial score (nSPS) is 10.6. The molecule has 0 aliphatic rings. The number of thiophene rings is 1. The van der Waals surface area contributed by atoms with Crippen molar-refractivity contribution in [2.75, 3.05) is 6.54 Å². The van der Waals surface area contributed by atoms with Crippen molar-refractivity contribution in [1.82, 2.24) is 10.3 Å². The third-order valence-electron chi connectivity index (χ3n) is 2.83. The maximum atomic E-state index is 4.42. The molecule has 0 radical (unpaired) electrons. The van der Waals surface area contributed by atoms with Gasteiger partial charge in [-0.15, -0.1) is 0 Å². The monoisotopic (exact) mass is 246 g/mol. The molecule has 2 heterocycles. The molecule has 0 saturated carbocycles. The van der Waals surface area contributed by atoms with Crippen LogP contribution in [0.1, 0.15) is 23.7 Å². The van der Waals surface area contributed by atoms with E-state index in [4.69, 9.17) is 0 Å². The van der Waals surface area contributed by atoms with Crippen LogP contribution in [0.25, 0.3) is 0 Å². The maximum absolute atomic E-state index is 4.42. The van der Waals surface area contributed by atoms with Gasteiger partial charge in [-0.2, -0.15) is 11.3 Å². The third kappa shape index (κ3) is 3.65. The molecule has 0 fully saturated rings. The molecule has 0 aliphatic carbocycles. The predicted molar refractivity (Wildman–Crippen MR) is 73.3 cm³/mol. The Morgan fingerprint density at radius 2 is 2.29 bits per heavy atom. The van der Waals surface area contributed by atoms with Gasteiger partial charge in [0.25, 0.3) is 0 Å². The van der Waals surface area contributed by atoms with Gasteiger partial charge in [0.1, 0.15) is 0 Å². The van der Waals surface area contributed by atoms with Crippen molar-refractivity contribution in [3.63, 3.8) is 0 Å². The summed E-state index contributed by atoms with van der Waals surface area (Å²) in [4.78, 5) is 4.42. The van der Waals surface area contributed by atoms with E-state index < -0.39 is 0 Å². The van der Waals surface area contributed by atoms with E-state index in [0.717, 1.165) is 25.9 Å². The van der Waals surface area contributed by atoms with Crippen LogP contribution in [-0.4, -0.2) is 11.5 Å².